The minimum absolute atomic E-state index is 0.0293. The van der Waals surface area contributed by atoms with Crippen LogP contribution in [0.1, 0.15) is 32.1 Å². The highest BCUT2D eigenvalue weighted by Crippen LogP contribution is 2.58. The first-order chi connectivity index (χ1) is 11.6. The molecule has 5 nitrogen and oxygen atoms in total. The molecule has 24 heavy (non-hydrogen) atoms. The predicted octanol–water partition coefficient (Wildman–Crippen LogP) is 3.07. The number of hydrogen-bond donors (Lipinski definition) is 1. The summed E-state index contributed by atoms with van der Waals surface area (Å²) in [6, 6.07) is 3.63. The van der Waals surface area contributed by atoms with Gasteiger partial charge in [0.25, 0.3) is 0 Å². The maximum Gasteiger partial charge on any atom is 0.230 e. The molecule has 2 amide bonds. The number of carbonyl (C=O) groups excluding carboxylic acids is 2. The minimum Gasteiger partial charge on any atom is -0.342 e. The van der Waals surface area contributed by atoms with Gasteiger partial charge in [-0.15, -0.1) is 0 Å². The molecule has 1 aliphatic heterocycles. The zero-order valence-corrected chi connectivity index (χ0v) is 15.2. The molecule has 0 radical (unpaired) electrons. The summed E-state index contributed by atoms with van der Waals surface area (Å²) in [6.45, 7) is 1.35. The van der Waals surface area contributed by atoms with Gasteiger partial charge in [-0.2, -0.15) is 0 Å². The van der Waals surface area contributed by atoms with E-state index in [9.17, 15) is 9.59 Å². The monoisotopic (exact) mass is 391 g/mol. The van der Waals surface area contributed by atoms with Gasteiger partial charge in [0.15, 0.2) is 0 Å². The van der Waals surface area contributed by atoms with Crippen LogP contribution in [0.3, 0.4) is 0 Å². The topological polar surface area (TPSA) is 62.3 Å². The standard InChI is InChI=1S/C18H22BrN3O2/c19-12-6-7-15(20-9-12)21-17(23)11-3-2-8-22(10-11)18(24)16-13-4-1-5-14(13)16/h6-7,9,11,13-14,16H,1-5,8,10H2,(H,20,21,23)/t11-,13+,14+/m1/s1. The van der Waals surface area contributed by atoms with E-state index in [1.165, 1.54) is 19.3 Å². The number of piperidine rings is 1. The van der Waals surface area contributed by atoms with E-state index in [1.807, 2.05) is 11.0 Å². The Bertz CT molecular complexity index is 638. The third-order valence-corrected chi connectivity index (χ3v) is 6.24. The highest BCUT2D eigenvalue weighted by Gasteiger charge is 2.57. The van der Waals surface area contributed by atoms with Crippen LogP contribution in [0.15, 0.2) is 22.8 Å². The lowest BCUT2D eigenvalue weighted by Gasteiger charge is -2.32. The molecular weight excluding hydrogens is 370 g/mol. The van der Waals surface area contributed by atoms with E-state index in [0.29, 0.717) is 30.1 Å². The fourth-order valence-electron chi connectivity index (χ4n) is 4.47. The van der Waals surface area contributed by atoms with E-state index in [1.54, 1.807) is 12.3 Å². The smallest absolute Gasteiger partial charge is 0.230 e. The summed E-state index contributed by atoms with van der Waals surface area (Å²) < 4.78 is 0.880. The Hall–Kier alpha value is -1.43. The molecule has 3 atom stereocenters. The largest absolute Gasteiger partial charge is 0.342 e. The Morgan fingerprint density at radius 3 is 2.67 bits per heavy atom. The van der Waals surface area contributed by atoms with Crippen molar-refractivity contribution >= 4 is 33.6 Å². The van der Waals surface area contributed by atoms with Gasteiger partial charge in [-0.25, -0.2) is 4.98 Å². The number of likely N-dealkylation sites (tertiary alicyclic amines) is 1. The molecule has 0 unspecified atom stereocenters. The zero-order chi connectivity index (χ0) is 16.7. The van der Waals surface area contributed by atoms with Gasteiger partial charge in [0.2, 0.25) is 11.8 Å². The summed E-state index contributed by atoms with van der Waals surface area (Å²) in [4.78, 5) is 31.3. The molecule has 4 rings (SSSR count). The van der Waals surface area contributed by atoms with Crippen LogP contribution < -0.4 is 5.32 Å². The normalized spacial score (nSPS) is 31.5. The lowest BCUT2D eigenvalue weighted by molar-refractivity contribution is -0.136. The fraction of sp³-hybridized carbons (Fsp3) is 0.611. The summed E-state index contributed by atoms with van der Waals surface area (Å²) in [7, 11) is 0. The van der Waals surface area contributed by atoms with Gasteiger partial charge in [0.05, 0.1) is 5.92 Å². The van der Waals surface area contributed by atoms with Crippen molar-refractivity contribution in [2.45, 2.75) is 32.1 Å². The fourth-order valence-corrected chi connectivity index (χ4v) is 4.70. The molecule has 6 heteroatoms. The van der Waals surface area contributed by atoms with Crippen molar-refractivity contribution in [1.82, 2.24) is 9.88 Å². The number of pyridine rings is 1. The quantitative estimate of drug-likeness (QED) is 0.860. The SMILES string of the molecule is O=C(Nc1ccc(Br)cn1)[C@@H]1CCCN(C(=O)C2[C@H]3CCC[C@H]23)C1. The van der Waals surface area contributed by atoms with Crippen molar-refractivity contribution in [2.75, 3.05) is 18.4 Å². The zero-order valence-electron chi connectivity index (χ0n) is 13.6. The summed E-state index contributed by atoms with van der Waals surface area (Å²) >= 11 is 3.33. The van der Waals surface area contributed by atoms with E-state index in [-0.39, 0.29) is 17.7 Å². The predicted molar refractivity (Wildman–Crippen MR) is 94.2 cm³/mol. The van der Waals surface area contributed by atoms with Gasteiger partial charge < -0.3 is 10.2 Å². The summed E-state index contributed by atoms with van der Waals surface area (Å²) in [6.07, 6.45) is 7.12. The number of amides is 2. The molecular formula is C18H22BrN3O2. The molecule has 128 valence electrons. The minimum atomic E-state index is -0.133. The van der Waals surface area contributed by atoms with Gasteiger partial charge >= 0.3 is 0 Å². The van der Waals surface area contributed by atoms with Crippen LogP contribution in [0.5, 0.6) is 0 Å². The Balaban J connectivity index is 1.35. The lowest BCUT2D eigenvalue weighted by atomic mass is 9.96. The maximum absolute atomic E-state index is 12.7. The summed E-state index contributed by atoms with van der Waals surface area (Å²) in [5.74, 6) is 2.23. The molecule has 2 aliphatic carbocycles. The van der Waals surface area contributed by atoms with Crippen molar-refractivity contribution < 1.29 is 9.59 Å². The average Bonchev–Trinajstić information content (AvgIpc) is 3.07. The molecule has 3 aliphatic rings. The van der Waals surface area contributed by atoms with Gasteiger partial charge in [0.1, 0.15) is 5.82 Å². The average molecular weight is 392 g/mol. The van der Waals surface area contributed by atoms with Crippen LogP contribution in [0, 0.1) is 23.7 Å². The Labute approximate surface area is 150 Å². The summed E-state index contributed by atoms with van der Waals surface area (Å²) in [5, 5.41) is 2.87. The van der Waals surface area contributed by atoms with Crippen molar-refractivity contribution in [3.05, 3.63) is 22.8 Å². The molecule has 0 spiro atoms. The van der Waals surface area contributed by atoms with Gasteiger partial charge in [-0.3, -0.25) is 9.59 Å². The second kappa shape index (κ2) is 6.47. The number of fused-ring (bicyclic) bond motifs is 1. The first kappa shape index (κ1) is 16.1. The molecule has 2 saturated carbocycles. The second-order valence-corrected chi connectivity index (χ2v) is 8.17. The second-order valence-electron chi connectivity index (χ2n) is 7.26. The van der Waals surface area contributed by atoms with Crippen molar-refractivity contribution in [3.8, 4) is 0 Å². The van der Waals surface area contributed by atoms with Crippen molar-refractivity contribution in [3.63, 3.8) is 0 Å². The number of nitrogens with one attached hydrogen (secondary N) is 1. The van der Waals surface area contributed by atoms with Crippen LogP contribution in [0.25, 0.3) is 0 Å². The summed E-state index contributed by atoms with van der Waals surface area (Å²) in [5.41, 5.74) is 0. The Morgan fingerprint density at radius 1 is 1.17 bits per heavy atom. The van der Waals surface area contributed by atoms with Gasteiger partial charge in [0, 0.05) is 29.7 Å². The van der Waals surface area contributed by atoms with Crippen LogP contribution in [0.4, 0.5) is 5.82 Å². The van der Waals surface area contributed by atoms with E-state index in [4.69, 9.17) is 0 Å². The maximum atomic E-state index is 12.7. The van der Waals surface area contributed by atoms with Crippen LogP contribution in [0.2, 0.25) is 0 Å². The van der Waals surface area contributed by atoms with Gasteiger partial charge in [-0.05, 0) is 65.6 Å². The molecule has 0 bridgehead atoms. The molecule has 2 heterocycles. The number of hydrogen-bond acceptors (Lipinski definition) is 3. The number of halogens is 1. The molecule has 1 aromatic rings. The third kappa shape index (κ3) is 3.08. The third-order valence-electron chi connectivity index (χ3n) is 5.77. The van der Waals surface area contributed by atoms with Crippen LogP contribution in [-0.2, 0) is 9.59 Å². The van der Waals surface area contributed by atoms with Gasteiger partial charge in [-0.1, -0.05) is 6.42 Å². The van der Waals surface area contributed by atoms with Crippen molar-refractivity contribution in [1.29, 1.82) is 0 Å². The molecule has 1 N–H and O–H groups in total. The number of rotatable bonds is 3. The first-order valence-corrected chi connectivity index (χ1v) is 9.64. The highest BCUT2D eigenvalue weighted by atomic mass is 79.9. The number of anilines is 1. The molecule has 3 fully saturated rings. The number of carbonyl (C=O) groups is 2. The van der Waals surface area contributed by atoms with E-state index >= 15 is 0 Å². The highest BCUT2D eigenvalue weighted by molar-refractivity contribution is 9.10. The van der Waals surface area contributed by atoms with Crippen molar-refractivity contribution in [2.24, 2.45) is 23.7 Å². The Morgan fingerprint density at radius 2 is 1.96 bits per heavy atom. The van der Waals surface area contributed by atoms with E-state index < -0.39 is 0 Å². The first-order valence-electron chi connectivity index (χ1n) is 8.84. The molecule has 0 aromatic carbocycles. The molecule has 1 saturated heterocycles. The number of aromatic nitrogens is 1. The Kier molecular flexibility index (Phi) is 4.33. The van der Waals surface area contributed by atoms with E-state index in [0.717, 1.165) is 23.9 Å². The van der Waals surface area contributed by atoms with Crippen LogP contribution in [-0.4, -0.2) is 34.8 Å². The molecule has 1 aromatic heterocycles. The number of nitrogens with zero attached hydrogens (tertiary/aromatic N) is 2. The van der Waals surface area contributed by atoms with Crippen LogP contribution >= 0.6 is 15.9 Å². The lowest BCUT2D eigenvalue weighted by Crippen LogP contribution is -2.44. The van der Waals surface area contributed by atoms with E-state index in [2.05, 4.69) is 26.2 Å².